The van der Waals surface area contributed by atoms with Gasteiger partial charge in [0.2, 0.25) is 0 Å². The average molecular weight is 365 g/mol. The molecule has 1 amide bonds. The summed E-state index contributed by atoms with van der Waals surface area (Å²) in [6.07, 6.45) is 4.92. The molecule has 3 aromatic rings. The number of nitrogens with one attached hydrogen (secondary N) is 1. The van der Waals surface area contributed by atoms with Crippen LogP contribution in [0.25, 0.3) is 11.0 Å². The second-order valence-electron chi connectivity index (χ2n) is 7.53. The van der Waals surface area contributed by atoms with E-state index in [1.54, 1.807) is 6.20 Å². The van der Waals surface area contributed by atoms with Crippen LogP contribution in [0.2, 0.25) is 0 Å². The van der Waals surface area contributed by atoms with Crippen LogP contribution < -0.4 is 0 Å². The number of aromatic amines is 1. The van der Waals surface area contributed by atoms with Crippen molar-refractivity contribution in [3.05, 3.63) is 47.0 Å². The van der Waals surface area contributed by atoms with E-state index < -0.39 is 0 Å². The van der Waals surface area contributed by atoms with Gasteiger partial charge < -0.3 is 9.88 Å². The van der Waals surface area contributed by atoms with Crippen molar-refractivity contribution in [2.75, 3.05) is 13.1 Å². The van der Waals surface area contributed by atoms with E-state index in [2.05, 4.69) is 34.1 Å². The molecule has 27 heavy (non-hydrogen) atoms. The maximum absolute atomic E-state index is 13.3. The van der Waals surface area contributed by atoms with Gasteiger partial charge in [-0.05, 0) is 51.3 Å². The van der Waals surface area contributed by atoms with Gasteiger partial charge in [0.1, 0.15) is 5.65 Å². The molecule has 1 aliphatic rings. The molecule has 0 radical (unpaired) electrons. The van der Waals surface area contributed by atoms with Crippen LogP contribution in [0.5, 0.6) is 0 Å². The van der Waals surface area contributed by atoms with E-state index in [1.165, 1.54) is 5.69 Å². The maximum Gasteiger partial charge on any atom is 0.257 e. The Morgan fingerprint density at radius 3 is 3.00 bits per heavy atom. The van der Waals surface area contributed by atoms with Gasteiger partial charge in [0.05, 0.1) is 11.3 Å². The second kappa shape index (κ2) is 7.18. The summed E-state index contributed by atoms with van der Waals surface area (Å²) in [6, 6.07) is 6.20. The number of piperidine rings is 1. The number of fused-ring (bicyclic) bond motifs is 1. The number of pyridine rings is 1. The third kappa shape index (κ3) is 3.24. The van der Waals surface area contributed by atoms with Gasteiger partial charge in [-0.25, -0.2) is 4.98 Å². The summed E-state index contributed by atoms with van der Waals surface area (Å²) in [5.74, 6) is 0.439. The van der Waals surface area contributed by atoms with E-state index in [9.17, 15) is 4.79 Å². The molecule has 0 aromatic carbocycles. The van der Waals surface area contributed by atoms with Crippen molar-refractivity contribution >= 4 is 16.9 Å². The largest absolute Gasteiger partial charge is 0.343 e. The van der Waals surface area contributed by atoms with Crippen molar-refractivity contribution < 1.29 is 4.79 Å². The monoisotopic (exact) mass is 365 g/mol. The molecular weight excluding hydrogens is 338 g/mol. The highest BCUT2D eigenvalue weighted by molar-refractivity contribution is 5.96. The predicted molar refractivity (Wildman–Crippen MR) is 106 cm³/mol. The van der Waals surface area contributed by atoms with Crippen molar-refractivity contribution in [3.63, 3.8) is 0 Å². The third-order valence-electron chi connectivity index (χ3n) is 5.59. The Balaban J connectivity index is 1.57. The molecule has 3 aromatic heterocycles. The first kappa shape index (κ1) is 17.8. The summed E-state index contributed by atoms with van der Waals surface area (Å²) in [5, 5.41) is 5.70. The second-order valence-corrected chi connectivity index (χ2v) is 7.53. The molecule has 1 aliphatic heterocycles. The number of amides is 1. The summed E-state index contributed by atoms with van der Waals surface area (Å²) >= 11 is 0. The van der Waals surface area contributed by atoms with Crippen molar-refractivity contribution in [1.82, 2.24) is 24.6 Å². The van der Waals surface area contributed by atoms with Gasteiger partial charge in [-0.15, -0.1) is 0 Å². The molecule has 0 saturated carbocycles. The lowest BCUT2D eigenvalue weighted by molar-refractivity contribution is 0.0704. The van der Waals surface area contributed by atoms with Crippen LogP contribution in [0.15, 0.2) is 24.4 Å². The standard InChI is InChI=1S/C21H27N5O/c1-4-10-26-15(3)19(14(2)24-26)21(27)25-11-6-8-17(13-25)18-12-16-7-5-9-22-20(16)23-18/h5,7,9,12,17H,4,6,8,10-11,13H2,1-3H3,(H,22,23)/t17-/m1/s1. The minimum atomic E-state index is 0.117. The number of H-pyrrole nitrogens is 1. The topological polar surface area (TPSA) is 66.8 Å². The van der Waals surface area contributed by atoms with E-state index in [0.717, 1.165) is 66.9 Å². The van der Waals surface area contributed by atoms with Crippen molar-refractivity contribution in [2.24, 2.45) is 0 Å². The summed E-state index contributed by atoms with van der Waals surface area (Å²) in [4.78, 5) is 23.1. The Morgan fingerprint density at radius 1 is 1.37 bits per heavy atom. The van der Waals surface area contributed by atoms with Crippen LogP contribution >= 0.6 is 0 Å². The zero-order valence-electron chi connectivity index (χ0n) is 16.3. The molecule has 142 valence electrons. The molecule has 4 heterocycles. The fraction of sp³-hybridized carbons (Fsp3) is 0.476. The highest BCUT2D eigenvalue weighted by Crippen LogP contribution is 2.30. The normalized spacial score (nSPS) is 17.6. The van der Waals surface area contributed by atoms with Crippen molar-refractivity contribution in [2.45, 2.75) is 52.5 Å². The van der Waals surface area contributed by atoms with Crippen molar-refractivity contribution in [1.29, 1.82) is 0 Å². The van der Waals surface area contributed by atoms with E-state index in [4.69, 9.17) is 0 Å². The van der Waals surface area contributed by atoms with Crippen LogP contribution in [0, 0.1) is 13.8 Å². The highest BCUT2D eigenvalue weighted by atomic mass is 16.2. The number of rotatable bonds is 4. The number of aryl methyl sites for hydroxylation is 2. The number of carbonyl (C=O) groups is 1. The van der Waals surface area contributed by atoms with Crippen molar-refractivity contribution in [3.8, 4) is 0 Å². The fourth-order valence-corrected chi connectivity index (χ4v) is 4.21. The Hall–Kier alpha value is -2.63. The Kier molecular flexibility index (Phi) is 4.72. The zero-order chi connectivity index (χ0) is 19.0. The van der Waals surface area contributed by atoms with E-state index in [1.807, 2.05) is 29.5 Å². The lowest BCUT2D eigenvalue weighted by Gasteiger charge is -2.32. The molecule has 6 heteroatoms. The lowest BCUT2D eigenvalue weighted by atomic mass is 9.94. The smallest absolute Gasteiger partial charge is 0.257 e. The van der Waals surface area contributed by atoms with Gasteiger partial charge >= 0.3 is 0 Å². The van der Waals surface area contributed by atoms with Gasteiger partial charge in [-0.2, -0.15) is 5.10 Å². The van der Waals surface area contributed by atoms with E-state index in [-0.39, 0.29) is 5.91 Å². The first-order chi connectivity index (χ1) is 13.1. The van der Waals surface area contributed by atoms with Crippen LogP contribution in [0.3, 0.4) is 0 Å². The third-order valence-corrected chi connectivity index (χ3v) is 5.59. The summed E-state index contributed by atoms with van der Waals surface area (Å²) in [6.45, 7) is 8.48. The summed E-state index contributed by atoms with van der Waals surface area (Å²) in [7, 11) is 0. The molecule has 0 bridgehead atoms. The van der Waals surface area contributed by atoms with E-state index in [0.29, 0.717) is 5.92 Å². The Bertz CT molecular complexity index is 937. The van der Waals surface area contributed by atoms with Crippen LogP contribution in [0.4, 0.5) is 0 Å². The van der Waals surface area contributed by atoms with Crippen LogP contribution in [-0.2, 0) is 6.54 Å². The number of hydrogen-bond donors (Lipinski definition) is 1. The SMILES string of the molecule is CCCn1nc(C)c(C(=O)N2CCC[C@@H](c3cc4cccnc4[nH]3)C2)c1C. The Labute approximate surface area is 159 Å². The minimum Gasteiger partial charge on any atom is -0.343 e. The maximum atomic E-state index is 13.3. The van der Waals surface area contributed by atoms with Crippen LogP contribution in [-0.4, -0.2) is 43.6 Å². The molecule has 1 fully saturated rings. The zero-order valence-corrected chi connectivity index (χ0v) is 16.3. The number of hydrogen-bond acceptors (Lipinski definition) is 3. The van der Waals surface area contributed by atoms with Gasteiger partial charge in [0.15, 0.2) is 0 Å². The fourth-order valence-electron chi connectivity index (χ4n) is 4.21. The van der Waals surface area contributed by atoms with E-state index >= 15 is 0 Å². The first-order valence-electron chi connectivity index (χ1n) is 9.85. The predicted octanol–water partition coefficient (Wildman–Crippen LogP) is 3.81. The lowest BCUT2D eigenvalue weighted by Crippen LogP contribution is -2.39. The number of aromatic nitrogens is 4. The number of carbonyl (C=O) groups excluding carboxylic acids is 1. The quantitative estimate of drug-likeness (QED) is 0.764. The number of nitrogens with zero attached hydrogens (tertiary/aromatic N) is 4. The molecule has 6 nitrogen and oxygen atoms in total. The van der Waals surface area contributed by atoms with Gasteiger partial charge in [-0.1, -0.05) is 6.92 Å². The summed E-state index contributed by atoms with van der Waals surface area (Å²) < 4.78 is 1.97. The van der Waals surface area contributed by atoms with Gasteiger partial charge in [0.25, 0.3) is 5.91 Å². The molecule has 0 unspecified atom stereocenters. The molecule has 1 atom stereocenters. The number of likely N-dealkylation sites (tertiary alicyclic amines) is 1. The molecule has 0 aliphatic carbocycles. The molecule has 4 rings (SSSR count). The highest BCUT2D eigenvalue weighted by Gasteiger charge is 2.29. The Morgan fingerprint density at radius 2 is 2.22 bits per heavy atom. The molecule has 1 N–H and O–H groups in total. The molecule has 0 spiro atoms. The van der Waals surface area contributed by atoms with Crippen LogP contribution in [0.1, 0.15) is 59.5 Å². The molecular formula is C21H27N5O. The minimum absolute atomic E-state index is 0.117. The molecule has 1 saturated heterocycles. The van der Waals surface area contributed by atoms with Gasteiger partial charge in [0, 0.05) is 48.5 Å². The first-order valence-corrected chi connectivity index (χ1v) is 9.85. The summed E-state index contributed by atoms with van der Waals surface area (Å²) in [5.41, 5.74) is 4.70. The van der Waals surface area contributed by atoms with Gasteiger partial charge in [-0.3, -0.25) is 9.48 Å². The average Bonchev–Trinajstić information content (AvgIpc) is 3.23.